The molecule has 6 nitrogen and oxygen atoms in total. The number of H-pyrrole nitrogens is 1. The summed E-state index contributed by atoms with van der Waals surface area (Å²) < 4.78 is 5.02. The highest BCUT2D eigenvalue weighted by Crippen LogP contribution is 2.22. The lowest BCUT2D eigenvalue weighted by Crippen LogP contribution is -2.16. The summed E-state index contributed by atoms with van der Waals surface area (Å²) in [4.78, 5) is 15.2. The molecule has 1 aromatic rings. The first-order valence-electron chi connectivity index (χ1n) is 5.45. The average Bonchev–Trinajstić information content (AvgIpc) is 2.82. The minimum Gasteiger partial charge on any atom is -0.443 e. The average molecular weight is 256 g/mol. The number of aromatic nitrogens is 3. The van der Waals surface area contributed by atoms with Crippen molar-refractivity contribution in [1.82, 2.24) is 20.5 Å². The molecule has 1 amide bonds. The van der Waals surface area contributed by atoms with E-state index in [9.17, 15) is 4.79 Å². The van der Waals surface area contributed by atoms with Gasteiger partial charge in [-0.1, -0.05) is 32.5 Å². The zero-order valence-corrected chi connectivity index (χ0v) is 10.9. The number of rotatable bonds is 3. The van der Waals surface area contributed by atoms with Gasteiger partial charge in [0.05, 0.1) is 6.54 Å². The fourth-order valence-electron chi connectivity index (χ4n) is 1.34. The SMILES string of the molecule is CC(C)(C)c1n[nH]c(SCC2CNC(=O)O2)n1. The van der Waals surface area contributed by atoms with Crippen molar-refractivity contribution < 1.29 is 9.53 Å². The van der Waals surface area contributed by atoms with E-state index in [4.69, 9.17) is 4.74 Å². The molecule has 1 aliphatic heterocycles. The predicted molar refractivity (Wildman–Crippen MR) is 64.1 cm³/mol. The normalized spacial score (nSPS) is 20.2. The van der Waals surface area contributed by atoms with Crippen LogP contribution in [-0.2, 0) is 10.2 Å². The number of aromatic amines is 1. The van der Waals surface area contributed by atoms with Gasteiger partial charge in [-0.3, -0.25) is 5.10 Å². The monoisotopic (exact) mass is 256 g/mol. The molecular weight excluding hydrogens is 240 g/mol. The van der Waals surface area contributed by atoms with Crippen LogP contribution in [-0.4, -0.2) is 39.7 Å². The molecule has 1 aliphatic rings. The van der Waals surface area contributed by atoms with Crippen molar-refractivity contribution in [3.63, 3.8) is 0 Å². The van der Waals surface area contributed by atoms with Crippen molar-refractivity contribution in [2.45, 2.75) is 37.4 Å². The summed E-state index contributed by atoms with van der Waals surface area (Å²) in [5, 5.41) is 10.4. The molecule has 2 rings (SSSR count). The largest absolute Gasteiger partial charge is 0.443 e. The Labute approximate surface area is 104 Å². The lowest BCUT2D eigenvalue weighted by atomic mass is 9.96. The second-order valence-electron chi connectivity index (χ2n) is 4.93. The van der Waals surface area contributed by atoms with E-state index >= 15 is 0 Å². The van der Waals surface area contributed by atoms with E-state index in [1.165, 1.54) is 11.8 Å². The number of alkyl carbamates (subject to hydrolysis) is 1. The summed E-state index contributed by atoms with van der Waals surface area (Å²) in [6.45, 7) is 6.75. The van der Waals surface area contributed by atoms with Gasteiger partial charge in [0, 0.05) is 11.2 Å². The number of thioether (sulfide) groups is 1. The van der Waals surface area contributed by atoms with E-state index < -0.39 is 0 Å². The Morgan fingerprint density at radius 3 is 2.82 bits per heavy atom. The zero-order valence-electron chi connectivity index (χ0n) is 10.1. The van der Waals surface area contributed by atoms with Crippen LogP contribution in [0.1, 0.15) is 26.6 Å². The maximum absolute atomic E-state index is 10.8. The number of nitrogens with one attached hydrogen (secondary N) is 2. The second kappa shape index (κ2) is 4.56. The van der Waals surface area contributed by atoms with E-state index in [0.717, 1.165) is 11.0 Å². The number of hydrogen-bond acceptors (Lipinski definition) is 5. The minimum absolute atomic E-state index is 0.0588. The fourth-order valence-corrected chi connectivity index (χ4v) is 2.13. The highest BCUT2D eigenvalue weighted by atomic mass is 32.2. The molecule has 0 aromatic carbocycles. The van der Waals surface area contributed by atoms with E-state index in [0.29, 0.717) is 12.3 Å². The first kappa shape index (κ1) is 12.2. The Bertz CT molecular complexity index is 413. The number of hydrogen-bond donors (Lipinski definition) is 2. The maximum Gasteiger partial charge on any atom is 0.407 e. The molecule has 17 heavy (non-hydrogen) atoms. The molecule has 0 aliphatic carbocycles. The van der Waals surface area contributed by atoms with E-state index in [1.807, 2.05) is 0 Å². The molecule has 1 aromatic heterocycles. The molecule has 1 unspecified atom stereocenters. The Morgan fingerprint density at radius 2 is 2.29 bits per heavy atom. The van der Waals surface area contributed by atoms with Crippen molar-refractivity contribution in [2.24, 2.45) is 0 Å². The van der Waals surface area contributed by atoms with Crippen LogP contribution >= 0.6 is 11.8 Å². The Kier molecular flexibility index (Phi) is 3.28. The molecule has 2 heterocycles. The van der Waals surface area contributed by atoms with Gasteiger partial charge in [-0.25, -0.2) is 9.78 Å². The van der Waals surface area contributed by atoms with Gasteiger partial charge in [-0.2, -0.15) is 5.10 Å². The van der Waals surface area contributed by atoms with E-state index in [2.05, 4.69) is 41.3 Å². The molecule has 0 spiro atoms. The molecule has 0 bridgehead atoms. The number of carbonyl (C=O) groups is 1. The summed E-state index contributed by atoms with van der Waals surface area (Å²) in [5.41, 5.74) is -0.0588. The van der Waals surface area contributed by atoms with Crippen molar-refractivity contribution in [3.8, 4) is 0 Å². The third kappa shape index (κ3) is 3.12. The third-order valence-electron chi connectivity index (χ3n) is 2.29. The van der Waals surface area contributed by atoms with Crippen molar-refractivity contribution >= 4 is 17.9 Å². The topological polar surface area (TPSA) is 79.9 Å². The van der Waals surface area contributed by atoms with Crippen LogP contribution in [0.15, 0.2) is 5.16 Å². The maximum atomic E-state index is 10.8. The Balaban J connectivity index is 1.87. The van der Waals surface area contributed by atoms with Crippen LogP contribution in [0.3, 0.4) is 0 Å². The molecule has 0 saturated carbocycles. The smallest absolute Gasteiger partial charge is 0.407 e. The number of ether oxygens (including phenoxy) is 1. The highest BCUT2D eigenvalue weighted by Gasteiger charge is 2.24. The molecule has 1 fully saturated rings. The van der Waals surface area contributed by atoms with Gasteiger partial charge in [-0.15, -0.1) is 0 Å². The standard InChI is InChI=1S/C10H16N4O2S/c1-10(2,3)7-12-8(14-13-7)17-5-6-4-11-9(15)16-6/h6H,4-5H2,1-3H3,(H,11,15)(H,12,13,14). The van der Waals surface area contributed by atoms with Crippen LogP contribution in [0, 0.1) is 0 Å². The minimum atomic E-state index is -0.344. The quantitative estimate of drug-likeness (QED) is 0.797. The number of cyclic esters (lactones) is 1. The van der Waals surface area contributed by atoms with Crippen LogP contribution in [0.4, 0.5) is 4.79 Å². The molecule has 1 atom stereocenters. The van der Waals surface area contributed by atoms with Crippen molar-refractivity contribution in [3.05, 3.63) is 5.82 Å². The molecule has 2 N–H and O–H groups in total. The second-order valence-corrected chi connectivity index (χ2v) is 5.94. The molecule has 94 valence electrons. The van der Waals surface area contributed by atoms with Crippen LogP contribution in [0.25, 0.3) is 0 Å². The highest BCUT2D eigenvalue weighted by molar-refractivity contribution is 7.99. The Morgan fingerprint density at radius 1 is 1.53 bits per heavy atom. The van der Waals surface area contributed by atoms with E-state index in [1.54, 1.807) is 0 Å². The molecule has 7 heteroatoms. The van der Waals surface area contributed by atoms with Gasteiger partial charge in [-0.05, 0) is 0 Å². The van der Waals surface area contributed by atoms with Gasteiger partial charge in [0.2, 0.25) is 0 Å². The predicted octanol–water partition coefficient (Wildman–Crippen LogP) is 1.30. The van der Waals surface area contributed by atoms with E-state index in [-0.39, 0.29) is 17.6 Å². The third-order valence-corrected chi connectivity index (χ3v) is 3.28. The molecular formula is C10H16N4O2S. The summed E-state index contributed by atoms with van der Waals surface area (Å²) in [7, 11) is 0. The lowest BCUT2D eigenvalue weighted by Gasteiger charge is -2.11. The van der Waals surface area contributed by atoms with Crippen molar-refractivity contribution in [1.29, 1.82) is 0 Å². The summed E-state index contributed by atoms with van der Waals surface area (Å²) >= 11 is 1.51. The lowest BCUT2D eigenvalue weighted by molar-refractivity contribution is 0.150. The first-order valence-corrected chi connectivity index (χ1v) is 6.44. The Hall–Kier alpha value is -1.24. The summed E-state index contributed by atoms with van der Waals surface area (Å²) in [6, 6.07) is 0. The van der Waals surface area contributed by atoms with Gasteiger partial charge < -0.3 is 10.1 Å². The van der Waals surface area contributed by atoms with Crippen LogP contribution < -0.4 is 5.32 Å². The fraction of sp³-hybridized carbons (Fsp3) is 0.700. The first-order chi connectivity index (χ1) is 7.95. The number of nitrogens with zero attached hydrogens (tertiary/aromatic N) is 2. The van der Waals surface area contributed by atoms with Gasteiger partial charge in [0.15, 0.2) is 11.0 Å². The summed E-state index contributed by atoms with van der Waals surface area (Å²) in [5.74, 6) is 1.47. The van der Waals surface area contributed by atoms with Crippen LogP contribution in [0.5, 0.6) is 0 Å². The number of carbonyl (C=O) groups excluding carboxylic acids is 1. The van der Waals surface area contributed by atoms with Gasteiger partial charge in [0.25, 0.3) is 0 Å². The zero-order chi connectivity index (χ0) is 12.5. The molecule has 0 radical (unpaired) electrons. The van der Waals surface area contributed by atoms with Crippen molar-refractivity contribution in [2.75, 3.05) is 12.3 Å². The number of amides is 1. The van der Waals surface area contributed by atoms with Gasteiger partial charge >= 0.3 is 6.09 Å². The van der Waals surface area contributed by atoms with Gasteiger partial charge in [0.1, 0.15) is 6.10 Å². The summed E-state index contributed by atoms with van der Waals surface area (Å²) in [6.07, 6.45) is -0.431. The molecule has 1 saturated heterocycles. The van der Waals surface area contributed by atoms with Crippen LogP contribution in [0.2, 0.25) is 0 Å².